The molecule has 5 nitrogen and oxygen atoms in total. The Morgan fingerprint density at radius 2 is 1.77 bits per heavy atom. The van der Waals surface area contributed by atoms with Crippen LogP contribution in [0.15, 0.2) is 51.8 Å². The molecular weight excluding hydrogens is 425 g/mol. The van der Waals surface area contributed by atoms with Gasteiger partial charge in [-0.15, -0.1) is 0 Å². The molecule has 2 aromatic carbocycles. The molecule has 2 atom stereocenters. The first-order chi connectivity index (χ1) is 12.1. The van der Waals surface area contributed by atoms with E-state index < -0.39 is 21.8 Å². The van der Waals surface area contributed by atoms with E-state index in [0.29, 0.717) is 10.2 Å². The Bertz CT molecular complexity index is 900. The molecule has 140 valence electrons. The highest BCUT2D eigenvalue weighted by molar-refractivity contribution is 9.10. The number of rotatable bonds is 6. The van der Waals surface area contributed by atoms with Crippen LogP contribution in [-0.2, 0) is 14.6 Å². The smallest absolute Gasteiger partial charge is 0.261 e. The second-order valence-corrected chi connectivity index (χ2v) is 8.78. The topological polar surface area (TPSA) is 72.5 Å². The normalized spacial score (nSPS) is 13.7. The van der Waals surface area contributed by atoms with Gasteiger partial charge in [0.2, 0.25) is 0 Å². The van der Waals surface area contributed by atoms with E-state index in [2.05, 4.69) is 21.2 Å². The number of carbonyl (C=O) groups is 1. The molecule has 2 rings (SSSR count). The second-order valence-electron chi connectivity index (χ2n) is 5.91. The average Bonchev–Trinajstić information content (AvgIpc) is 2.56. The number of sulfone groups is 1. The number of ether oxygens (including phenoxy) is 1. The molecule has 1 N–H and O–H groups in total. The van der Waals surface area contributed by atoms with E-state index in [0.717, 1.165) is 11.8 Å². The Balaban J connectivity index is 2.01. The molecule has 2 aromatic rings. The first-order valence-corrected chi connectivity index (χ1v) is 10.5. The molecule has 8 heteroatoms. The zero-order valence-electron chi connectivity index (χ0n) is 14.5. The van der Waals surface area contributed by atoms with Crippen molar-refractivity contribution >= 4 is 31.7 Å². The van der Waals surface area contributed by atoms with Crippen LogP contribution in [0.4, 0.5) is 4.39 Å². The summed E-state index contributed by atoms with van der Waals surface area (Å²) >= 11 is 3.19. The average molecular weight is 444 g/mol. The Morgan fingerprint density at radius 3 is 2.31 bits per heavy atom. The molecule has 0 saturated heterocycles. The van der Waals surface area contributed by atoms with Gasteiger partial charge in [0.25, 0.3) is 5.91 Å². The van der Waals surface area contributed by atoms with Gasteiger partial charge in [0, 0.05) is 6.26 Å². The summed E-state index contributed by atoms with van der Waals surface area (Å²) in [6, 6.07) is 9.93. The fourth-order valence-corrected chi connectivity index (χ4v) is 3.31. The van der Waals surface area contributed by atoms with Crippen molar-refractivity contribution in [2.75, 3.05) is 6.26 Å². The summed E-state index contributed by atoms with van der Waals surface area (Å²) in [6.45, 7) is 3.37. The third-order valence-corrected chi connectivity index (χ3v) is 5.48. The molecule has 0 aliphatic heterocycles. The van der Waals surface area contributed by atoms with Gasteiger partial charge in [-0.25, -0.2) is 12.8 Å². The minimum absolute atomic E-state index is 0.220. The van der Waals surface area contributed by atoms with Gasteiger partial charge < -0.3 is 10.1 Å². The molecule has 0 fully saturated rings. The molecule has 0 aromatic heterocycles. The quantitative estimate of drug-likeness (QED) is 0.739. The number of hydrogen-bond acceptors (Lipinski definition) is 4. The number of amides is 1. The second kappa shape index (κ2) is 8.18. The lowest BCUT2D eigenvalue weighted by molar-refractivity contribution is -0.127. The summed E-state index contributed by atoms with van der Waals surface area (Å²) in [4.78, 5) is 12.5. The molecule has 0 spiro atoms. The van der Waals surface area contributed by atoms with Gasteiger partial charge in [0.1, 0.15) is 11.6 Å². The van der Waals surface area contributed by atoms with Gasteiger partial charge in [-0.2, -0.15) is 0 Å². The van der Waals surface area contributed by atoms with Crippen molar-refractivity contribution in [1.82, 2.24) is 5.32 Å². The van der Waals surface area contributed by atoms with Gasteiger partial charge in [-0.1, -0.05) is 12.1 Å². The minimum atomic E-state index is -3.26. The van der Waals surface area contributed by atoms with Crippen LogP contribution >= 0.6 is 15.9 Å². The van der Waals surface area contributed by atoms with Crippen LogP contribution in [0.5, 0.6) is 5.75 Å². The number of halogens is 2. The summed E-state index contributed by atoms with van der Waals surface area (Å²) < 4.78 is 42.1. The van der Waals surface area contributed by atoms with Gasteiger partial charge in [0.15, 0.2) is 15.9 Å². The highest BCUT2D eigenvalue weighted by Gasteiger charge is 2.19. The lowest BCUT2D eigenvalue weighted by Gasteiger charge is -2.19. The number of hydrogen-bond donors (Lipinski definition) is 1. The fourth-order valence-electron chi connectivity index (χ4n) is 2.23. The fraction of sp³-hybridized carbons (Fsp3) is 0.278. The van der Waals surface area contributed by atoms with E-state index in [1.807, 2.05) is 0 Å². The maximum Gasteiger partial charge on any atom is 0.261 e. The van der Waals surface area contributed by atoms with Crippen LogP contribution in [0.25, 0.3) is 0 Å². The largest absolute Gasteiger partial charge is 0.480 e. The molecule has 1 amide bonds. The van der Waals surface area contributed by atoms with Crippen molar-refractivity contribution in [2.45, 2.75) is 30.9 Å². The Labute approximate surface area is 160 Å². The van der Waals surface area contributed by atoms with E-state index in [1.165, 1.54) is 30.3 Å². The standard InChI is InChI=1S/C18H19BrFNO4S/c1-11(13-4-7-15(8-5-13)26(3,23)24)21-18(22)12(2)25-17-9-6-14(20)10-16(17)19/h4-12H,1-3H3,(H,21,22). The summed E-state index contributed by atoms with van der Waals surface area (Å²) in [6.07, 6.45) is 0.342. The van der Waals surface area contributed by atoms with Crippen molar-refractivity contribution in [2.24, 2.45) is 0 Å². The summed E-state index contributed by atoms with van der Waals surface area (Å²) in [5.41, 5.74) is 0.765. The third kappa shape index (κ3) is 5.28. The predicted octanol–water partition coefficient (Wildman–Crippen LogP) is 3.64. The zero-order chi connectivity index (χ0) is 19.5. The van der Waals surface area contributed by atoms with E-state index in [1.54, 1.807) is 26.0 Å². The van der Waals surface area contributed by atoms with Crippen molar-refractivity contribution in [3.8, 4) is 5.75 Å². The van der Waals surface area contributed by atoms with Gasteiger partial charge >= 0.3 is 0 Å². The van der Waals surface area contributed by atoms with Crippen LogP contribution in [0.2, 0.25) is 0 Å². The lowest BCUT2D eigenvalue weighted by Crippen LogP contribution is -2.37. The van der Waals surface area contributed by atoms with Crippen LogP contribution in [0.3, 0.4) is 0 Å². The van der Waals surface area contributed by atoms with E-state index in [9.17, 15) is 17.6 Å². The van der Waals surface area contributed by atoms with E-state index in [4.69, 9.17) is 4.74 Å². The first kappa shape index (κ1) is 20.4. The SMILES string of the molecule is CC(Oc1ccc(F)cc1Br)C(=O)NC(C)c1ccc(S(C)(=O)=O)cc1. The van der Waals surface area contributed by atoms with Gasteiger partial charge in [-0.3, -0.25) is 4.79 Å². The minimum Gasteiger partial charge on any atom is -0.480 e. The third-order valence-electron chi connectivity index (χ3n) is 3.73. The highest BCUT2D eigenvalue weighted by Crippen LogP contribution is 2.26. The Hall–Kier alpha value is -1.93. The van der Waals surface area contributed by atoms with Crippen LogP contribution < -0.4 is 10.1 Å². The van der Waals surface area contributed by atoms with Crippen LogP contribution in [0, 0.1) is 5.82 Å². The van der Waals surface area contributed by atoms with Crippen LogP contribution in [0.1, 0.15) is 25.5 Å². The molecular formula is C18H19BrFNO4S. The van der Waals surface area contributed by atoms with Crippen molar-refractivity contribution in [3.05, 3.63) is 58.3 Å². The molecule has 0 aliphatic rings. The highest BCUT2D eigenvalue weighted by atomic mass is 79.9. The summed E-state index contributed by atoms with van der Waals surface area (Å²) in [7, 11) is -3.26. The lowest BCUT2D eigenvalue weighted by atomic mass is 10.1. The van der Waals surface area contributed by atoms with Gasteiger partial charge in [0.05, 0.1) is 15.4 Å². The summed E-state index contributed by atoms with van der Waals surface area (Å²) in [5, 5.41) is 2.80. The Morgan fingerprint density at radius 1 is 1.15 bits per heavy atom. The Kier molecular flexibility index (Phi) is 6.41. The first-order valence-electron chi connectivity index (χ1n) is 7.80. The van der Waals surface area contributed by atoms with Crippen molar-refractivity contribution < 1.29 is 22.3 Å². The van der Waals surface area contributed by atoms with Crippen molar-refractivity contribution in [1.29, 1.82) is 0 Å². The number of benzene rings is 2. The monoisotopic (exact) mass is 443 g/mol. The van der Waals surface area contributed by atoms with E-state index >= 15 is 0 Å². The molecule has 0 radical (unpaired) electrons. The zero-order valence-corrected chi connectivity index (χ0v) is 16.9. The summed E-state index contributed by atoms with van der Waals surface area (Å²) in [5.74, 6) is -0.396. The molecule has 0 bridgehead atoms. The molecule has 0 saturated carbocycles. The molecule has 2 unspecified atom stereocenters. The van der Waals surface area contributed by atoms with Crippen LogP contribution in [-0.4, -0.2) is 26.7 Å². The van der Waals surface area contributed by atoms with Crippen molar-refractivity contribution in [3.63, 3.8) is 0 Å². The maximum atomic E-state index is 13.1. The maximum absolute atomic E-state index is 13.1. The number of nitrogens with one attached hydrogen (secondary N) is 1. The predicted molar refractivity (Wildman–Crippen MR) is 100 cm³/mol. The van der Waals surface area contributed by atoms with E-state index in [-0.39, 0.29) is 16.8 Å². The molecule has 26 heavy (non-hydrogen) atoms. The number of carbonyl (C=O) groups excluding carboxylic acids is 1. The molecule has 0 aliphatic carbocycles. The molecule has 0 heterocycles. The van der Waals surface area contributed by atoms with Gasteiger partial charge in [-0.05, 0) is 65.7 Å².